The molecule has 0 aliphatic rings. The van der Waals surface area contributed by atoms with Crippen LogP contribution in [0.5, 0.6) is 0 Å². The van der Waals surface area contributed by atoms with Gasteiger partial charge in [-0.1, -0.05) is 6.92 Å². The van der Waals surface area contributed by atoms with Crippen LogP contribution in [0, 0.1) is 0 Å². The summed E-state index contributed by atoms with van der Waals surface area (Å²) in [6, 6.07) is 1.84. The quantitative estimate of drug-likeness (QED) is 0.726. The molecule has 102 valence electrons. The summed E-state index contributed by atoms with van der Waals surface area (Å²) in [5.74, 6) is 0.924. The molecule has 0 atom stereocenters. The summed E-state index contributed by atoms with van der Waals surface area (Å²) in [6.07, 6.45) is 5.58. The lowest BCUT2D eigenvalue weighted by Gasteiger charge is -2.06. The highest BCUT2D eigenvalue weighted by atomic mass is 15.4. The van der Waals surface area contributed by atoms with Crippen LogP contribution in [0.1, 0.15) is 13.3 Å². The second-order valence-electron chi connectivity index (χ2n) is 4.10. The molecule has 3 heterocycles. The SMILES string of the molecule is CCCn1nccc1-c1nc(N)nc(-n2cncn2)n1. The average molecular weight is 271 g/mol. The fourth-order valence-electron chi connectivity index (χ4n) is 1.82. The van der Waals surface area contributed by atoms with Crippen LogP contribution >= 0.6 is 0 Å². The minimum atomic E-state index is 0.129. The van der Waals surface area contributed by atoms with Gasteiger partial charge in [0.2, 0.25) is 5.95 Å². The van der Waals surface area contributed by atoms with Gasteiger partial charge < -0.3 is 5.73 Å². The summed E-state index contributed by atoms with van der Waals surface area (Å²) in [6.45, 7) is 2.86. The first-order valence-corrected chi connectivity index (χ1v) is 6.16. The van der Waals surface area contributed by atoms with E-state index in [1.165, 1.54) is 17.3 Å². The highest BCUT2D eigenvalue weighted by Crippen LogP contribution is 2.16. The molecule has 3 rings (SSSR count). The lowest BCUT2D eigenvalue weighted by Crippen LogP contribution is -2.10. The Kier molecular flexibility index (Phi) is 3.07. The van der Waals surface area contributed by atoms with Crippen molar-refractivity contribution < 1.29 is 0 Å². The van der Waals surface area contributed by atoms with Gasteiger partial charge in [-0.15, -0.1) is 0 Å². The zero-order valence-electron chi connectivity index (χ0n) is 10.9. The number of hydrogen-bond donors (Lipinski definition) is 1. The summed E-state index contributed by atoms with van der Waals surface area (Å²) in [4.78, 5) is 16.4. The molecule has 0 saturated heterocycles. The molecule has 9 nitrogen and oxygen atoms in total. The number of hydrogen-bond acceptors (Lipinski definition) is 7. The van der Waals surface area contributed by atoms with Crippen molar-refractivity contribution in [2.24, 2.45) is 0 Å². The third kappa shape index (κ3) is 2.20. The summed E-state index contributed by atoms with van der Waals surface area (Å²) in [7, 11) is 0. The summed E-state index contributed by atoms with van der Waals surface area (Å²) >= 11 is 0. The Labute approximate surface area is 114 Å². The zero-order valence-corrected chi connectivity index (χ0v) is 10.9. The van der Waals surface area contributed by atoms with Crippen molar-refractivity contribution >= 4 is 5.95 Å². The minimum Gasteiger partial charge on any atom is -0.368 e. The molecule has 0 saturated carbocycles. The summed E-state index contributed by atoms with van der Waals surface area (Å²) in [5, 5.41) is 8.23. The van der Waals surface area contributed by atoms with E-state index in [0.29, 0.717) is 11.8 Å². The summed E-state index contributed by atoms with van der Waals surface area (Å²) in [5.41, 5.74) is 6.54. The van der Waals surface area contributed by atoms with Crippen molar-refractivity contribution in [1.82, 2.24) is 39.5 Å². The molecule has 20 heavy (non-hydrogen) atoms. The number of anilines is 1. The van der Waals surface area contributed by atoms with Crippen LogP contribution in [-0.2, 0) is 6.54 Å². The predicted octanol–water partition coefficient (Wildman–Crippen LogP) is 0.308. The van der Waals surface area contributed by atoms with Crippen molar-refractivity contribution in [2.75, 3.05) is 5.73 Å². The van der Waals surface area contributed by atoms with Gasteiger partial charge in [0.1, 0.15) is 18.3 Å². The highest BCUT2D eigenvalue weighted by Gasteiger charge is 2.12. The maximum atomic E-state index is 5.74. The fraction of sp³-hybridized carbons (Fsp3) is 0.273. The number of nitrogens with zero attached hydrogens (tertiary/aromatic N) is 8. The van der Waals surface area contributed by atoms with E-state index in [1.54, 1.807) is 6.20 Å². The molecule has 0 spiro atoms. The van der Waals surface area contributed by atoms with Crippen molar-refractivity contribution in [3.05, 3.63) is 24.9 Å². The predicted molar refractivity (Wildman–Crippen MR) is 70.7 cm³/mol. The van der Waals surface area contributed by atoms with Crippen LogP contribution < -0.4 is 5.73 Å². The molecule has 0 aliphatic heterocycles. The average Bonchev–Trinajstić information content (AvgIpc) is 3.09. The molecule has 0 unspecified atom stereocenters. The number of nitrogen functional groups attached to an aromatic ring is 1. The third-order valence-corrected chi connectivity index (χ3v) is 2.65. The highest BCUT2D eigenvalue weighted by molar-refractivity contribution is 5.51. The summed E-state index contributed by atoms with van der Waals surface area (Å²) < 4.78 is 3.27. The Hall–Kier alpha value is -2.84. The number of rotatable bonds is 4. The van der Waals surface area contributed by atoms with Gasteiger partial charge in [0.05, 0.1) is 0 Å². The lowest BCUT2D eigenvalue weighted by atomic mass is 10.4. The minimum absolute atomic E-state index is 0.129. The molecule has 0 fully saturated rings. The van der Waals surface area contributed by atoms with Crippen LogP contribution in [0.25, 0.3) is 17.5 Å². The van der Waals surface area contributed by atoms with E-state index in [4.69, 9.17) is 5.73 Å². The van der Waals surface area contributed by atoms with Gasteiger partial charge in [-0.3, -0.25) is 4.68 Å². The Balaban J connectivity index is 2.08. The first kappa shape index (κ1) is 12.2. The first-order chi connectivity index (χ1) is 9.78. The normalized spacial score (nSPS) is 10.8. The van der Waals surface area contributed by atoms with Gasteiger partial charge in [0.25, 0.3) is 5.95 Å². The molecular weight excluding hydrogens is 258 g/mol. The number of nitrogens with two attached hydrogens (primary N) is 1. The standard InChI is InChI=1S/C11H13N9/c1-2-5-19-8(3-4-14-19)9-16-10(12)18-11(17-9)20-7-13-6-15-20/h3-4,6-7H,2,5H2,1H3,(H2,12,16,17,18). The fourth-order valence-corrected chi connectivity index (χ4v) is 1.82. The molecule has 9 heteroatoms. The molecule has 3 aromatic heterocycles. The Morgan fingerprint density at radius 1 is 1.20 bits per heavy atom. The smallest absolute Gasteiger partial charge is 0.257 e. The van der Waals surface area contributed by atoms with Crippen LogP contribution in [0.15, 0.2) is 24.9 Å². The van der Waals surface area contributed by atoms with Gasteiger partial charge in [-0.2, -0.15) is 29.8 Å². The largest absolute Gasteiger partial charge is 0.368 e. The maximum Gasteiger partial charge on any atom is 0.257 e. The van der Waals surface area contributed by atoms with Crippen molar-refractivity contribution in [1.29, 1.82) is 0 Å². The van der Waals surface area contributed by atoms with Gasteiger partial charge in [0, 0.05) is 12.7 Å². The van der Waals surface area contributed by atoms with Crippen LogP contribution in [-0.4, -0.2) is 39.5 Å². The van der Waals surface area contributed by atoms with Gasteiger partial charge in [0.15, 0.2) is 5.82 Å². The Morgan fingerprint density at radius 3 is 2.85 bits per heavy atom. The second kappa shape index (κ2) is 5.03. The topological polar surface area (TPSA) is 113 Å². The van der Waals surface area contributed by atoms with E-state index < -0.39 is 0 Å². The van der Waals surface area contributed by atoms with Crippen molar-refractivity contribution in [3.63, 3.8) is 0 Å². The monoisotopic (exact) mass is 271 g/mol. The van der Waals surface area contributed by atoms with Crippen molar-refractivity contribution in [3.8, 4) is 17.5 Å². The van der Waals surface area contributed by atoms with Crippen molar-refractivity contribution in [2.45, 2.75) is 19.9 Å². The molecule has 3 aromatic rings. The Bertz CT molecular complexity index is 701. The molecule has 0 radical (unpaired) electrons. The van der Waals surface area contributed by atoms with Crippen LogP contribution in [0.3, 0.4) is 0 Å². The van der Waals surface area contributed by atoms with E-state index >= 15 is 0 Å². The van der Waals surface area contributed by atoms with E-state index in [0.717, 1.165) is 18.7 Å². The van der Waals surface area contributed by atoms with E-state index in [1.807, 2.05) is 10.7 Å². The van der Waals surface area contributed by atoms with E-state index in [-0.39, 0.29) is 5.95 Å². The number of aromatic nitrogens is 8. The third-order valence-electron chi connectivity index (χ3n) is 2.65. The molecule has 0 aliphatic carbocycles. The van der Waals surface area contributed by atoms with Gasteiger partial charge in [-0.05, 0) is 12.5 Å². The molecule has 0 bridgehead atoms. The zero-order chi connectivity index (χ0) is 13.9. The Morgan fingerprint density at radius 2 is 2.10 bits per heavy atom. The second-order valence-corrected chi connectivity index (χ2v) is 4.10. The molecular formula is C11H13N9. The van der Waals surface area contributed by atoms with Gasteiger partial charge in [-0.25, -0.2) is 4.98 Å². The maximum absolute atomic E-state index is 5.74. The van der Waals surface area contributed by atoms with Crippen LogP contribution in [0.2, 0.25) is 0 Å². The first-order valence-electron chi connectivity index (χ1n) is 6.16. The molecule has 2 N–H and O–H groups in total. The van der Waals surface area contributed by atoms with E-state index in [2.05, 4.69) is 37.1 Å². The lowest BCUT2D eigenvalue weighted by molar-refractivity contribution is 0.606. The number of aryl methyl sites for hydroxylation is 1. The van der Waals surface area contributed by atoms with Crippen LogP contribution in [0.4, 0.5) is 5.95 Å². The molecule has 0 amide bonds. The molecule has 0 aromatic carbocycles. The van der Waals surface area contributed by atoms with Gasteiger partial charge >= 0.3 is 0 Å². The van der Waals surface area contributed by atoms with E-state index in [9.17, 15) is 0 Å².